The van der Waals surface area contributed by atoms with Gasteiger partial charge >= 0.3 is 5.69 Å². The summed E-state index contributed by atoms with van der Waals surface area (Å²) in [5.74, 6) is -1.77. The average molecular weight is 548 g/mol. The first-order chi connectivity index (χ1) is 19.1. The summed E-state index contributed by atoms with van der Waals surface area (Å²) in [7, 11) is 0. The molecule has 9 nitrogen and oxygen atoms in total. The first-order valence-corrected chi connectivity index (χ1v) is 13.2. The molecule has 0 bridgehead atoms. The molecule has 0 spiro atoms. The second kappa shape index (κ2) is 10.7. The van der Waals surface area contributed by atoms with Crippen LogP contribution in [0.4, 0.5) is 20.3 Å². The molecule has 1 atom stereocenters. The quantitative estimate of drug-likeness (QED) is 0.384. The molecule has 0 aliphatic carbocycles. The number of hydrogen-bond acceptors (Lipinski definition) is 7. The van der Waals surface area contributed by atoms with Gasteiger partial charge in [-0.2, -0.15) is 4.98 Å². The van der Waals surface area contributed by atoms with E-state index in [0.29, 0.717) is 42.2 Å². The van der Waals surface area contributed by atoms with Crippen molar-refractivity contribution in [3.05, 3.63) is 69.9 Å². The summed E-state index contributed by atoms with van der Waals surface area (Å²) in [4.78, 5) is 41.3. The lowest BCUT2D eigenvalue weighted by Crippen LogP contribution is -2.50. The molecule has 5 rings (SSSR count). The van der Waals surface area contributed by atoms with Gasteiger partial charge in [-0.25, -0.2) is 23.1 Å². The minimum absolute atomic E-state index is 0.0215. The SMILES string of the molecule is CC(=O)Nc1cccc(F)c1-c1nc2c(cc1F)c(N1CCNC[C@@H]1C)nc(=O)n2-c1c(C)ccnc1C(C)C. The van der Waals surface area contributed by atoms with E-state index in [1.165, 1.54) is 35.8 Å². The molecule has 1 saturated heterocycles. The zero-order valence-corrected chi connectivity index (χ0v) is 23.0. The first-order valence-electron chi connectivity index (χ1n) is 13.2. The van der Waals surface area contributed by atoms with Gasteiger partial charge < -0.3 is 15.5 Å². The number of carbonyl (C=O) groups excluding carboxylic acids is 1. The molecule has 3 aromatic heterocycles. The summed E-state index contributed by atoms with van der Waals surface area (Å²) >= 11 is 0. The Hall–Kier alpha value is -4.25. The van der Waals surface area contributed by atoms with Crippen molar-refractivity contribution in [2.75, 3.05) is 29.9 Å². The molecular formula is C29H31F2N7O2. The summed E-state index contributed by atoms with van der Waals surface area (Å²) in [6.45, 7) is 10.9. The summed E-state index contributed by atoms with van der Waals surface area (Å²) in [5.41, 5.74) is 0.936. The van der Waals surface area contributed by atoms with Crippen LogP contribution >= 0.6 is 0 Å². The van der Waals surface area contributed by atoms with Gasteiger partial charge in [0.1, 0.15) is 17.3 Å². The summed E-state index contributed by atoms with van der Waals surface area (Å²) in [6.07, 6.45) is 1.67. The van der Waals surface area contributed by atoms with E-state index in [1.54, 1.807) is 12.3 Å². The van der Waals surface area contributed by atoms with Gasteiger partial charge in [-0.1, -0.05) is 19.9 Å². The van der Waals surface area contributed by atoms with Gasteiger partial charge in [0.2, 0.25) is 5.91 Å². The van der Waals surface area contributed by atoms with Crippen molar-refractivity contribution < 1.29 is 13.6 Å². The molecule has 2 N–H and O–H groups in total. The molecule has 1 aromatic carbocycles. The van der Waals surface area contributed by atoms with Gasteiger partial charge in [-0.3, -0.25) is 9.78 Å². The third-order valence-electron chi connectivity index (χ3n) is 7.06. The summed E-state index contributed by atoms with van der Waals surface area (Å²) in [5, 5.41) is 6.17. The molecule has 40 heavy (non-hydrogen) atoms. The van der Waals surface area contributed by atoms with Crippen LogP contribution in [-0.2, 0) is 4.79 Å². The highest BCUT2D eigenvalue weighted by atomic mass is 19.1. The lowest BCUT2D eigenvalue weighted by Gasteiger charge is -2.35. The fourth-order valence-electron chi connectivity index (χ4n) is 5.20. The van der Waals surface area contributed by atoms with Crippen molar-refractivity contribution in [3.63, 3.8) is 0 Å². The Bertz CT molecular complexity index is 1690. The van der Waals surface area contributed by atoms with E-state index in [-0.39, 0.29) is 34.6 Å². The van der Waals surface area contributed by atoms with Crippen LogP contribution in [0, 0.1) is 18.6 Å². The van der Waals surface area contributed by atoms with Crippen LogP contribution in [0.5, 0.6) is 0 Å². The van der Waals surface area contributed by atoms with Gasteiger partial charge in [0.25, 0.3) is 0 Å². The molecule has 4 heterocycles. The number of nitrogens with zero attached hydrogens (tertiary/aromatic N) is 5. The molecule has 1 amide bonds. The van der Waals surface area contributed by atoms with Crippen molar-refractivity contribution in [1.82, 2.24) is 24.8 Å². The minimum Gasteiger partial charge on any atom is -0.351 e. The highest BCUT2D eigenvalue weighted by Crippen LogP contribution is 2.36. The third-order valence-corrected chi connectivity index (χ3v) is 7.06. The highest BCUT2D eigenvalue weighted by molar-refractivity contribution is 5.96. The van der Waals surface area contributed by atoms with Gasteiger partial charge in [0.05, 0.1) is 28.0 Å². The monoisotopic (exact) mass is 547 g/mol. The molecular weight excluding hydrogens is 516 g/mol. The number of nitrogens with one attached hydrogen (secondary N) is 2. The molecule has 1 aliphatic heterocycles. The molecule has 1 aliphatic rings. The molecule has 4 aromatic rings. The van der Waals surface area contributed by atoms with Crippen LogP contribution in [-0.4, -0.2) is 51.1 Å². The average Bonchev–Trinajstić information content (AvgIpc) is 2.89. The molecule has 11 heteroatoms. The van der Waals surface area contributed by atoms with Crippen molar-refractivity contribution in [2.24, 2.45) is 0 Å². The number of carbonyl (C=O) groups is 1. The van der Waals surface area contributed by atoms with Crippen molar-refractivity contribution in [3.8, 4) is 16.9 Å². The second-order valence-corrected chi connectivity index (χ2v) is 10.3. The summed E-state index contributed by atoms with van der Waals surface area (Å²) < 4.78 is 32.6. The van der Waals surface area contributed by atoms with Crippen molar-refractivity contribution in [2.45, 2.75) is 46.6 Å². The fraction of sp³-hybridized carbons (Fsp3) is 0.345. The van der Waals surface area contributed by atoms with Crippen LogP contribution in [0.25, 0.3) is 28.0 Å². The maximum Gasteiger partial charge on any atom is 0.355 e. The van der Waals surface area contributed by atoms with Crippen molar-refractivity contribution in [1.29, 1.82) is 0 Å². The number of hydrogen-bond donors (Lipinski definition) is 2. The Labute approximate surface area is 230 Å². The van der Waals surface area contributed by atoms with Gasteiger partial charge in [-0.05, 0) is 49.6 Å². The molecule has 208 valence electrons. The van der Waals surface area contributed by atoms with Gasteiger partial charge in [0, 0.05) is 38.8 Å². The Balaban J connectivity index is 1.91. The number of aryl methyl sites for hydroxylation is 1. The molecule has 0 radical (unpaired) electrons. The number of fused-ring (bicyclic) bond motifs is 1. The Morgan fingerprint density at radius 1 is 1.18 bits per heavy atom. The van der Waals surface area contributed by atoms with Crippen LogP contribution in [0.3, 0.4) is 0 Å². The van der Waals surface area contributed by atoms with Gasteiger partial charge in [0.15, 0.2) is 11.5 Å². The highest BCUT2D eigenvalue weighted by Gasteiger charge is 2.28. The zero-order chi connectivity index (χ0) is 28.7. The molecule has 0 saturated carbocycles. The largest absolute Gasteiger partial charge is 0.355 e. The lowest BCUT2D eigenvalue weighted by atomic mass is 10.0. The van der Waals surface area contributed by atoms with E-state index in [0.717, 1.165) is 5.56 Å². The zero-order valence-electron chi connectivity index (χ0n) is 23.0. The summed E-state index contributed by atoms with van der Waals surface area (Å²) in [6, 6.07) is 7.06. The van der Waals surface area contributed by atoms with Crippen LogP contribution in [0.1, 0.15) is 44.9 Å². The number of aromatic nitrogens is 4. The van der Waals surface area contributed by atoms with E-state index in [1.807, 2.05) is 32.6 Å². The Morgan fingerprint density at radius 2 is 1.95 bits per heavy atom. The number of piperazine rings is 1. The Kier molecular flexibility index (Phi) is 7.33. The van der Waals surface area contributed by atoms with Crippen LogP contribution < -0.4 is 21.2 Å². The van der Waals surface area contributed by atoms with E-state index >= 15 is 8.78 Å². The van der Waals surface area contributed by atoms with E-state index in [9.17, 15) is 9.59 Å². The van der Waals surface area contributed by atoms with E-state index in [2.05, 4.69) is 25.6 Å². The number of amides is 1. The number of anilines is 2. The van der Waals surface area contributed by atoms with Crippen LogP contribution in [0.15, 0.2) is 41.3 Å². The first kappa shape index (κ1) is 27.3. The van der Waals surface area contributed by atoms with E-state index < -0.39 is 23.2 Å². The predicted molar refractivity (Wildman–Crippen MR) is 151 cm³/mol. The normalized spacial score (nSPS) is 15.6. The van der Waals surface area contributed by atoms with Crippen molar-refractivity contribution >= 4 is 28.4 Å². The third kappa shape index (κ3) is 4.81. The smallest absolute Gasteiger partial charge is 0.351 e. The van der Waals surface area contributed by atoms with Gasteiger partial charge in [-0.15, -0.1) is 0 Å². The number of benzene rings is 1. The van der Waals surface area contributed by atoms with E-state index in [4.69, 9.17) is 0 Å². The predicted octanol–water partition coefficient (Wildman–Crippen LogP) is 4.31. The Morgan fingerprint density at radius 3 is 2.65 bits per heavy atom. The second-order valence-electron chi connectivity index (χ2n) is 10.3. The fourth-order valence-corrected chi connectivity index (χ4v) is 5.20. The standard InChI is InChI=1S/C29H31F2N7O2/c1-15(2)24-26(16(3)9-10-33-24)38-28-19(27(36-29(38)40)37-12-11-32-14-17(37)4)13-21(31)25(35-28)23-20(30)7-6-8-22(23)34-18(5)39/h6-10,13,15,17,32H,11-12,14H2,1-5H3,(H,34,39)/t17-/m0/s1. The molecule has 0 unspecified atom stereocenters. The maximum absolute atomic E-state index is 16.0. The van der Waals surface area contributed by atoms with Crippen LogP contribution in [0.2, 0.25) is 0 Å². The topological polar surface area (TPSA) is 105 Å². The number of pyridine rings is 2. The lowest BCUT2D eigenvalue weighted by molar-refractivity contribution is -0.114. The minimum atomic E-state index is -0.813. The number of rotatable bonds is 5. The maximum atomic E-state index is 16.0. The molecule has 1 fully saturated rings. The number of halogens is 2.